The van der Waals surface area contributed by atoms with Crippen molar-refractivity contribution in [2.45, 2.75) is 45.8 Å². The van der Waals surface area contributed by atoms with E-state index in [2.05, 4.69) is 5.32 Å². The van der Waals surface area contributed by atoms with Crippen molar-refractivity contribution in [1.29, 1.82) is 0 Å². The minimum absolute atomic E-state index is 0.150. The van der Waals surface area contributed by atoms with Crippen LogP contribution in [-0.2, 0) is 16.1 Å². The van der Waals surface area contributed by atoms with Gasteiger partial charge in [-0.2, -0.15) is 0 Å². The highest BCUT2D eigenvalue weighted by Crippen LogP contribution is 2.18. The Labute approximate surface area is 175 Å². The second kappa shape index (κ2) is 9.74. The van der Waals surface area contributed by atoms with E-state index in [-0.39, 0.29) is 30.8 Å². The summed E-state index contributed by atoms with van der Waals surface area (Å²) in [5.74, 6) is -0.560. The smallest absolute Gasteiger partial charge is 0.261 e. The highest BCUT2D eigenvalue weighted by molar-refractivity contribution is 6.30. The summed E-state index contributed by atoms with van der Waals surface area (Å²) in [7, 11) is 0. The first-order valence-corrected chi connectivity index (χ1v) is 9.67. The Hall–Kier alpha value is -2.60. The van der Waals surface area contributed by atoms with Crippen molar-refractivity contribution < 1.29 is 18.7 Å². The molecule has 0 aliphatic heterocycles. The van der Waals surface area contributed by atoms with Crippen LogP contribution < -0.4 is 10.1 Å². The van der Waals surface area contributed by atoms with Gasteiger partial charge >= 0.3 is 0 Å². The van der Waals surface area contributed by atoms with E-state index in [1.165, 1.54) is 17.0 Å². The number of carbonyl (C=O) groups is 2. The van der Waals surface area contributed by atoms with Gasteiger partial charge in [-0.1, -0.05) is 29.8 Å². The van der Waals surface area contributed by atoms with Gasteiger partial charge in [0, 0.05) is 17.1 Å². The van der Waals surface area contributed by atoms with Gasteiger partial charge in [-0.3, -0.25) is 9.59 Å². The lowest BCUT2D eigenvalue weighted by molar-refractivity contribution is -0.142. The molecule has 0 heterocycles. The molecule has 2 aromatic carbocycles. The number of amides is 2. The Morgan fingerprint density at radius 2 is 1.83 bits per heavy atom. The molecule has 0 fully saturated rings. The summed E-state index contributed by atoms with van der Waals surface area (Å²) in [6, 6.07) is 11.8. The Morgan fingerprint density at radius 1 is 1.17 bits per heavy atom. The van der Waals surface area contributed by atoms with Gasteiger partial charge in [0.15, 0.2) is 6.61 Å². The van der Waals surface area contributed by atoms with E-state index in [0.29, 0.717) is 16.3 Å². The summed E-state index contributed by atoms with van der Waals surface area (Å²) in [5.41, 5.74) is 0.269. The molecule has 0 aliphatic rings. The van der Waals surface area contributed by atoms with Gasteiger partial charge in [-0.15, -0.1) is 0 Å². The summed E-state index contributed by atoms with van der Waals surface area (Å²) in [4.78, 5) is 27.0. The number of hydrogen-bond acceptors (Lipinski definition) is 3. The number of nitrogens with zero attached hydrogens (tertiary/aromatic N) is 1. The molecule has 2 aromatic rings. The summed E-state index contributed by atoms with van der Waals surface area (Å²) >= 11 is 5.94. The molecule has 0 radical (unpaired) electrons. The lowest BCUT2D eigenvalue weighted by atomic mass is 10.1. The fourth-order valence-electron chi connectivity index (χ4n) is 2.63. The van der Waals surface area contributed by atoms with E-state index >= 15 is 0 Å². The zero-order valence-corrected chi connectivity index (χ0v) is 17.8. The van der Waals surface area contributed by atoms with Crippen molar-refractivity contribution in [2.75, 3.05) is 6.61 Å². The molecule has 0 unspecified atom stereocenters. The molecule has 0 bridgehead atoms. The Morgan fingerprint density at radius 3 is 2.41 bits per heavy atom. The van der Waals surface area contributed by atoms with E-state index in [9.17, 15) is 14.0 Å². The third kappa shape index (κ3) is 7.38. The van der Waals surface area contributed by atoms with Gasteiger partial charge in [0.25, 0.3) is 5.91 Å². The first-order valence-electron chi connectivity index (χ1n) is 9.29. The van der Waals surface area contributed by atoms with Crippen LogP contribution in [0.3, 0.4) is 0 Å². The molecule has 5 nitrogen and oxygen atoms in total. The third-order valence-electron chi connectivity index (χ3n) is 4.09. The lowest BCUT2D eigenvalue weighted by Gasteiger charge is -2.31. The minimum Gasteiger partial charge on any atom is -0.484 e. The molecule has 2 rings (SSSR count). The van der Waals surface area contributed by atoms with Crippen molar-refractivity contribution in [1.82, 2.24) is 10.2 Å². The first kappa shape index (κ1) is 22.7. The molecule has 0 aliphatic carbocycles. The third-order valence-corrected chi connectivity index (χ3v) is 4.33. The molecule has 0 spiro atoms. The summed E-state index contributed by atoms with van der Waals surface area (Å²) in [5, 5.41) is 3.38. The van der Waals surface area contributed by atoms with E-state index in [4.69, 9.17) is 16.3 Å². The lowest BCUT2D eigenvalue weighted by Crippen LogP contribution is -2.53. The van der Waals surface area contributed by atoms with Crippen molar-refractivity contribution in [3.63, 3.8) is 0 Å². The number of hydrogen-bond donors (Lipinski definition) is 1. The maximum Gasteiger partial charge on any atom is 0.261 e. The SMILES string of the molecule is C[C@@H](C(=O)NC(C)(C)C)N(Cc1ccc(F)cc1)C(=O)COc1cccc(Cl)c1. The van der Waals surface area contributed by atoms with E-state index in [0.717, 1.165) is 0 Å². The van der Waals surface area contributed by atoms with Gasteiger partial charge in [0.05, 0.1) is 0 Å². The molecular weight excluding hydrogens is 395 g/mol. The van der Waals surface area contributed by atoms with Crippen LogP contribution in [0, 0.1) is 5.82 Å². The van der Waals surface area contributed by atoms with Gasteiger partial charge in [-0.05, 0) is 63.6 Å². The van der Waals surface area contributed by atoms with Gasteiger partial charge < -0.3 is 15.0 Å². The van der Waals surface area contributed by atoms with E-state index in [1.54, 1.807) is 43.3 Å². The molecule has 0 aromatic heterocycles. The van der Waals surface area contributed by atoms with E-state index < -0.39 is 11.6 Å². The summed E-state index contributed by atoms with van der Waals surface area (Å²) in [6.45, 7) is 7.15. The fraction of sp³-hybridized carbons (Fsp3) is 0.364. The van der Waals surface area contributed by atoms with Crippen LogP contribution in [-0.4, -0.2) is 34.9 Å². The number of halogens is 2. The predicted octanol–water partition coefficient (Wildman–Crippen LogP) is 4.19. The molecule has 1 N–H and O–H groups in total. The zero-order valence-electron chi connectivity index (χ0n) is 17.0. The average Bonchev–Trinajstić information content (AvgIpc) is 2.64. The Kier molecular flexibility index (Phi) is 7.62. The highest BCUT2D eigenvalue weighted by Gasteiger charge is 2.28. The van der Waals surface area contributed by atoms with Gasteiger partial charge in [-0.25, -0.2) is 4.39 Å². The van der Waals surface area contributed by atoms with Crippen LogP contribution >= 0.6 is 11.6 Å². The number of carbonyl (C=O) groups excluding carboxylic acids is 2. The number of nitrogens with one attached hydrogen (secondary N) is 1. The first-order chi connectivity index (χ1) is 13.5. The molecule has 1 atom stereocenters. The maximum atomic E-state index is 13.2. The van der Waals surface area contributed by atoms with Crippen molar-refractivity contribution in [3.05, 3.63) is 64.9 Å². The van der Waals surface area contributed by atoms with Gasteiger partial charge in [0.2, 0.25) is 5.91 Å². The molecule has 29 heavy (non-hydrogen) atoms. The van der Waals surface area contributed by atoms with Crippen LogP contribution in [0.4, 0.5) is 4.39 Å². The number of ether oxygens (including phenoxy) is 1. The van der Waals surface area contributed by atoms with Crippen molar-refractivity contribution in [2.24, 2.45) is 0 Å². The van der Waals surface area contributed by atoms with Crippen LogP contribution in [0.15, 0.2) is 48.5 Å². The Balaban J connectivity index is 2.16. The second-order valence-electron chi connectivity index (χ2n) is 7.81. The quantitative estimate of drug-likeness (QED) is 0.730. The second-order valence-corrected chi connectivity index (χ2v) is 8.25. The van der Waals surface area contributed by atoms with Crippen LogP contribution in [0.1, 0.15) is 33.3 Å². The molecule has 2 amide bonds. The van der Waals surface area contributed by atoms with Crippen molar-refractivity contribution in [3.8, 4) is 5.75 Å². The van der Waals surface area contributed by atoms with Crippen LogP contribution in [0.5, 0.6) is 5.75 Å². The molecule has 0 saturated carbocycles. The fourth-order valence-corrected chi connectivity index (χ4v) is 2.81. The largest absolute Gasteiger partial charge is 0.484 e. The zero-order chi connectivity index (χ0) is 21.6. The standard InChI is InChI=1S/C22H26ClFN2O3/c1-15(21(28)25-22(2,3)4)26(13-16-8-10-18(24)11-9-16)20(27)14-29-19-7-5-6-17(23)12-19/h5-12,15H,13-14H2,1-4H3,(H,25,28)/t15-/m0/s1. The molecular formula is C22H26ClFN2O3. The predicted molar refractivity (Wildman–Crippen MR) is 111 cm³/mol. The van der Waals surface area contributed by atoms with Gasteiger partial charge in [0.1, 0.15) is 17.6 Å². The van der Waals surface area contributed by atoms with Crippen LogP contribution in [0.25, 0.3) is 0 Å². The highest BCUT2D eigenvalue weighted by atomic mass is 35.5. The van der Waals surface area contributed by atoms with Crippen molar-refractivity contribution >= 4 is 23.4 Å². The summed E-state index contributed by atoms with van der Waals surface area (Å²) in [6.07, 6.45) is 0. The normalized spacial score (nSPS) is 12.2. The van der Waals surface area contributed by atoms with Crippen LogP contribution in [0.2, 0.25) is 5.02 Å². The minimum atomic E-state index is -0.741. The maximum absolute atomic E-state index is 13.2. The molecule has 7 heteroatoms. The monoisotopic (exact) mass is 420 g/mol. The Bertz CT molecular complexity index is 850. The number of benzene rings is 2. The number of rotatable bonds is 7. The average molecular weight is 421 g/mol. The summed E-state index contributed by atoms with van der Waals surface area (Å²) < 4.78 is 18.8. The molecule has 0 saturated heterocycles. The topological polar surface area (TPSA) is 58.6 Å². The molecule has 156 valence electrons. The van der Waals surface area contributed by atoms with E-state index in [1.807, 2.05) is 20.8 Å².